The van der Waals surface area contributed by atoms with E-state index >= 15 is 0 Å². The molecule has 2 saturated heterocycles. The highest BCUT2D eigenvalue weighted by Crippen LogP contribution is 2.41. The van der Waals surface area contributed by atoms with Crippen molar-refractivity contribution in [3.63, 3.8) is 0 Å². The fraction of sp³-hybridized carbons (Fsp3) is 0.400. The lowest BCUT2D eigenvalue weighted by Gasteiger charge is -2.26. The summed E-state index contributed by atoms with van der Waals surface area (Å²) in [7, 11) is 0. The lowest BCUT2D eigenvalue weighted by atomic mass is 9.95. The van der Waals surface area contributed by atoms with Crippen LogP contribution < -0.4 is 10.1 Å². The van der Waals surface area contributed by atoms with Crippen molar-refractivity contribution in [2.45, 2.75) is 50.9 Å². The second kappa shape index (κ2) is 8.25. The van der Waals surface area contributed by atoms with Gasteiger partial charge in [-0.15, -0.1) is 0 Å². The van der Waals surface area contributed by atoms with Crippen molar-refractivity contribution in [1.82, 2.24) is 9.88 Å². The summed E-state index contributed by atoms with van der Waals surface area (Å²) >= 11 is 0. The fourth-order valence-corrected chi connectivity index (χ4v) is 5.22. The van der Waals surface area contributed by atoms with E-state index in [0.717, 1.165) is 17.9 Å². The van der Waals surface area contributed by atoms with Gasteiger partial charge in [0, 0.05) is 53.5 Å². The lowest BCUT2D eigenvalue weighted by molar-refractivity contribution is 0.200. The summed E-state index contributed by atoms with van der Waals surface area (Å²) < 4.78 is 5.72. The monoisotopic (exact) mass is 403 g/mol. The van der Waals surface area contributed by atoms with E-state index in [4.69, 9.17) is 9.84 Å². The van der Waals surface area contributed by atoms with Gasteiger partial charge in [0.15, 0.2) is 0 Å². The fourth-order valence-electron chi connectivity index (χ4n) is 5.22. The number of rotatable bonds is 7. The van der Waals surface area contributed by atoms with Gasteiger partial charge in [-0.3, -0.25) is 9.88 Å². The van der Waals surface area contributed by atoms with E-state index in [9.17, 15) is 0 Å². The van der Waals surface area contributed by atoms with Gasteiger partial charge < -0.3 is 15.2 Å². The predicted octanol–water partition coefficient (Wildman–Crippen LogP) is 4.13. The number of benzene rings is 2. The van der Waals surface area contributed by atoms with E-state index in [0.29, 0.717) is 24.7 Å². The van der Waals surface area contributed by atoms with Gasteiger partial charge in [-0.25, -0.2) is 0 Å². The van der Waals surface area contributed by atoms with Crippen LogP contribution in [0, 0.1) is 6.92 Å². The number of aromatic nitrogens is 1. The predicted molar refractivity (Wildman–Crippen MR) is 120 cm³/mol. The van der Waals surface area contributed by atoms with Crippen molar-refractivity contribution >= 4 is 16.5 Å². The summed E-state index contributed by atoms with van der Waals surface area (Å²) in [5.74, 6) is 0.882. The number of anilines is 1. The molecule has 0 saturated carbocycles. The van der Waals surface area contributed by atoms with Gasteiger partial charge in [-0.05, 0) is 55.5 Å². The topological polar surface area (TPSA) is 57.6 Å². The molecule has 2 fully saturated rings. The standard InChI is InChI=1S/C25H29N3O2/c1-17-5-6-18(13-25(17)30-12-11-29)16-28-20-7-8-24(28)23(14-20)27-22-4-2-3-19-15-26-10-9-21(19)22/h2-6,9-10,13,15,20,23-24,27,29H,7-8,11-12,14,16H2,1H3. The summed E-state index contributed by atoms with van der Waals surface area (Å²) in [6.45, 7) is 3.38. The molecule has 3 atom stereocenters. The van der Waals surface area contributed by atoms with Gasteiger partial charge in [-0.2, -0.15) is 0 Å². The third-order valence-electron chi connectivity index (χ3n) is 6.67. The average molecular weight is 404 g/mol. The summed E-state index contributed by atoms with van der Waals surface area (Å²) in [6.07, 6.45) is 7.51. The van der Waals surface area contributed by atoms with Gasteiger partial charge in [0.25, 0.3) is 0 Å². The number of pyridine rings is 1. The van der Waals surface area contributed by atoms with Gasteiger partial charge >= 0.3 is 0 Å². The Morgan fingerprint density at radius 2 is 2.13 bits per heavy atom. The zero-order valence-corrected chi connectivity index (χ0v) is 17.4. The van der Waals surface area contributed by atoms with Crippen LogP contribution in [0.15, 0.2) is 54.9 Å². The molecule has 2 aliphatic heterocycles. The largest absolute Gasteiger partial charge is 0.491 e. The van der Waals surface area contributed by atoms with E-state index in [-0.39, 0.29) is 6.61 Å². The molecule has 0 radical (unpaired) electrons. The highest BCUT2D eigenvalue weighted by atomic mass is 16.5. The van der Waals surface area contributed by atoms with E-state index in [1.165, 1.54) is 41.3 Å². The van der Waals surface area contributed by atoms with E-state index in [1.54, 1.807) is 0 Å². The van der Waals surface area contributed by atoms with Gasteiger partial charge in [0.05, 0.1) is 6.61 Å². The van der Waals surface area contributed by atoms with Crippen LogP contribution in [0.3, 0.4) is 0 Å². The molecule has 3 heterocycles. The number of nitrogens with one attached hydrogen (secondary N) is 1. The minimum Gasteiger partial charge on any atom is -0.491 e. The van der Waals surface area contributed by atoms with Crippen LogP contribution >= 0.6 is 0 Å². The molecule has 2 aromatic carbocycles. The van der Waals surface area contributed by atoms with Crippen LogP contribution in [-0.2, 0) is 6.54 Å². The summed E-state index contributed by atoms with van der Waals surface area (Å²) in [4.78, 5) is 6.93. The SMILES string of the molecule is Cc1ccc(CN2C3CCC2C(Nc2cccc4cnccc24)C3)cc1OCCO. The van der Waals surface area contributed by atoms with Crippen molar-refractivity contribution in [3.05, 3.63) is 66.0 Å². The second-order valence-corrected chi connectivity index (χ2v) is 8.53. The Hall–Kier alpha value is -2.63. The summed E-state index contributed by atoms with van der Waals surface area (Å²) in [5, 5.41) is 15.3. The van der Waals surface area contributed by atoms with Crippen LogP contribution in [-0.4, -0.2) is 46.3 Å². The first-order valence-corrected chi connectivity index (χ1v) is 10.9. The molecule has 2 bridgehead atoms. The quantitative estimate of drug-likeness (QED) is 0.621. The molecule has 5 rings (SSSR count). The average Bonchev–Trinajstić information content (AvgIpc) is 3.30. The van der Waals surface area contributed by atoms with Gasteiger partial charge in [-0.1, -0.05) is 24.3 Å². The third kappa shape index (κ3) is 3.64. The molecule has 0 amide bonds. The normalized spacial score (nSPS) is 23.2. The highest BCUT2D eigenvalue weighted by Gasteiger charge is 2.46. The third-order valence-corrected chi connectivity index (χ3v) is 6.67. The molecule has 2 aliphatic rings. The molecular weight excluding hydrogens is 374 g/mol. The van der Waals surface area contributed by atoms with Crippen LogP contribution in [0.1, 0.15) is 30.4 Å². The van der Waals surface area contributed by atoms with Crippen LogP contribution in [0.5, 0.6) is 5.75 Å². The van der Waals surface area contributed by atoms with Crippen LogP contribution in [0.25, 0.3) is 10.8 Å². The molecule has 3 aromatic rings. The molecule has 0 spiro atoms. The highest BCUT2D eigenvalue weighted by molar-refractivity contribution is 5.93. The molecular formula is C25H29N3O2. The summed E-state index contributed by atoms with van der Waals surface area (Å²) in [5.41, 5.74) is 3.60. The molecule has 1 aromatic heterocycles. The Labute approximate surface area is 177 Å². The zero-order chi connectivity index (χ0) is 20.5. The lowest BCUT2D eigenvalue weighted by Crippen LogP contribution is -2.36. The molecule has 2 N–H and O–H groups in total. The van der Waals surface area contributed by atoms with Crippen LogP contribution in [0.4, 0.5) is 5.69 Å². The first kappa shape index (κ1) is 19.3. The number of aryl methyl sites for hydroxylation is 1. The Bertz CT molecular complexity index is 1030. The van der Waals surface area contributed by atoms with Gasteiger partial charge in [0.1, 0.15) is 12.4 Å². The molecule has 5 heteroatoms. The van der Waals surface area contributed by atoms with Gasteiger partial charge in [0.2, 0.25) is 0 Å². The summed E-state index contributed by atoms with van der Waals surface area (Å²) in [6, 6.07) is 16.6. The smallest absolute Gasteiger partial charge is 0.122 e. The van der Waals surface area contributed by atoms with Crippen LogP contribution in [0.2, 0.25) is 0 Å². The Kier molecular flexibility index (Phi) is 5.32. The second-order valence-electron chi connectivity index (χ2n) is 8.53. The molecule has 30 heavy (non-hydrogen) atoms. The van der Waals surface area contributed by atoms with Crippen molar-refractivity contribution in [3.8, 4) is 5.75 Å². The number of hydrogen-bond donors (Lipinski definition) is 2. The maximum Gasteiger partial charge on any atom is 0.122 e. The first-order chi connectivity index (χ1) is 14.7. The van der Waals surface area contributed by atoms with Crippen molar-refractivity contribution in [1.29, 1.82) is 0 Å². The van der Waals surface area contributed by atoms with E-state index in [1.807, 2.05) is 12.4 Å². The van der Waals surface area contributed by atoms with Crippen molar-refractivity contribution in [2.24, 2.45) is 0 Å². The maximum atomic E-state index is 9.07. The van der Waals surface area contributed by atoms with Crippen molar-refractivity contribution in [2.75, 3.05) is 18.5 Å². The Morgan fingerprint density at radius 3 is 3.03 bits per heavy atom. The Morgan fingerprint density at radius 1 is 1.20 bits per heavy atom. The molecule has 0 aliphatic carbocycles. The number of aliphatic hydroxyl groups excluding tert-OH is 1. The first-order valence-electron chi connectivity index (χ1n) is 10.9. The number of fused-ring (bicyclic) bond motifs is 3. The molecule has 156 valence electrons. The minimum atomic E-state index is 0.0392. The van der Waals surface area contributed by atoms with E-state index in [2.05, 4.69) is 64.6 Å². The maximum absolute atomic E-state index is 9.07. The zero-order valence-electron chi connectivity index (χ0n) is 17.4. The Balaban J connectivity index is 1.32. The molecule has 5 nitrogen and oxygen atoms in total. The van der Waals surface area contributed by atoms with E-state index < -0.39 is 0 Å². The number of hydrogen-bond acceptors (Lipinski definition) is 5. The minimum absolute atomic E-state index is 0.0392. The molecule has 3 unspecified atom stereocenters. The number of aliphatic hydroxyl groups is 1. The van der Waals surface area contributed by atoms with Crippen molar-refractivity contribution < 1.29 is 9.84 Å². The number of ether oxygens (including phenoxy) is 1. The number of nitrogens with zero attached hydrogens (tertiary/aromatic N) is 2.